The van der Waals surface area contributed by atoms with Crippen LogP contribution in [0.25, 0.3) is 17.1 Å². The largest absolute Gasteiger partial charge is 0.481 e. The Morgan fingerprint density at radius 2 is 1.84 bits per heavy atom. The van der Waals surface area contributed by atoms with E-state index in [0.29, 0.717) is 11.8 Å². The molecule has 1 saturated carbocycles. The number of ether oxygens (including phenoxy) is 2. The van der Waals surface area contributed by atoms with Crippen LogP contribution in [-0.2, 0) is 11.3 Å². The Bertz CT molecular complexity index is 1290. The first-order valence-electron chi connectivity index (χ1n) is 13.1. The second-order valence-electron chi connectivity index (χ2n) is 11.0. The quantitative estimate of drug-likeness (QED) is 0.454. The molecule has 1 aliphatic heterocycles. The maximum absolute atomic E-state index is 12.3. The number of benzene rings is 1. The zero-order valence-corrected chi connectivity index (χ0v) is 22.2. The van der Waals surface area contributed by atoms with E-state index < -0.39 is 5.60 Å². The number of anilines is 1. The van der Waals surface area contributed by atoms with Crippen molar-refractivity contribution in [2.75, 3.05) is 18.6 Å². The molecule has 194 valence electrons. The number of fused-ring (bicyclic) bond motifs is 3. The first-order valence-corrected chi connectivity index (χ1v) is 13.1. The number of pyridine rings is 2. The Balaban J connectivity index is 1.40. The standard InChI is InChI=1S/C30H36N4O3/c1-30(2,3)37-29(35)32-23-12-10-21(11-13-23)22-16-24-26(34(19-22)18-20-8-6-5-7-9-20)17-31-25-14-15-27(36-4)33-28(24)25/h5-9,14-17,21,23H,10-13,18-19H2,1-4H3,(H,32,35). The van der Waals surface area contributed by atoms with Gasteiger partial charge in [-0.15, -0.1) is 0 Å². The van der Waals surface area contributed by atoms with Crippen LogP contribution in [0, 0.1) is 5.92 Å². The molecule has 5 rings (SSSR count). The summed E-state index contributed by atoms with van der Waals surface area (Å²) in [5.41, 5.74) is 6.12. The van der Waals surface area contributed by atoms with Gasteiger partial charge in [-0.2, -0.15) is 0 Å². The van der Waals surface area contributed by atoms with Crippen LogP contribution in [0.4, 0.5) is 10.5 Å². The van der Waals surface area contributed by atoms with Gasteiger partial charge in [0.25, 0.3) is 0 Å². The van der Waals surface area contributed by atoms with E-state index in [1.807, 2.05) is 45.2 Å². The number of methoxy groups -OCH3 is 1. The number of carbonyl (C=O) groups is 1. The zero-order valence-electron chi connectivity index (χ0n) is 22.2. The lowest BCUT2D eigenvalue weighted by molar-refractivity contribution is 0.0489. The van der Waals surface area contributed by atoms with Gasteiger partial charge in [-0.05, 0) is 75.7 Å². The van der Waals surface area contributed by atoms with Gasteiger partial charge in [0, 0.05) is 30.8 Å². The van der Waals surface area contributed by atoms with Crippen LogP contribution < -0.4 is 15.0 Å². The Morgan fingerprint density at radius 3 is 2.54 bits per heavy atom. The molecular formula is C30H36N4O3. The second kappa shape index (κ2) is 10.4. The minimum absolute atomic E-state index is 0.152. The zero-order chi connectivity index (χ0) is 26.0. The molecule has 1 aromatic carbocycles. The van der Waals surface area contributed by atoms with Crippen molar-refractivity contribution in [2.24, 2.45) is 5.92 Å². The van der Waals surface area contributed by atoms with Crippen LogP contribution in [0.2, 0.25) is 0 Å². The van der Waals surface area contributed by atoms with Crippen LogP contribution >= 0.6 is 0 Å². The van der Waals surface area contributed by atoms with Crippen molar-refractivity contribution in [3.8, 4) is 5.88 Å². The van der Waals surface area contributed by atoms with Gasteiger partial charge in [0.05, 0.1) is 24.5 Å². The molecule has 37 heavy (non-hydrogen) atoms. The molecule has 3 heterocycles. The molecule has 1 fully saturated rings. The predicted molar refractivity (Wildman–Crippen MR) is 147 cm³/mol. The number of hydrogen-bond donors (Lipinski definition) is 1. The van der Waals surface area contributed by atoms with Crippen molar-refractivity contribution in [2.45, 2.75) is 64.6 Å². The van der Waals surface area contributed by atoms with E-state index in [1.54, 1.807) is 7.11 Å². The summed E-state index contributed by atoms with van der Waals surface area (Å²) < 4.78 is 10.9. The van der Waals surface area contributed by atoms with Crippen molar-refractivity contribution in [1.82, 2.24) is 15.3 Å². The van der Waals surface area contributed by atoms with E-state index in [2.05, 4.69) is 40.6 Å². The minimum atomic E-state index is -0.488. The van der Waals surface area contributed by atoms with Crippen molar-refractivity contribution >= 4 is 28.9 Å². The van der Waals surface area contributed by atoms with E-state index >= 15 is 0 Å². The summed E-state index contributed by atoms with van der Waals surface area (Å²) >= 11 is 0. The minimum Gasteiger partial charge on any atom is -0.481 e. The third-order valence-corrected chi connectivity index (χ3v) is 7.15. The van der Waals surface area contributed by atoms with E-state index in [9.17, 15) is 4.79 Å². The first kappa shape index (κ1) is 25.1. The van der Waals surface area contributed by atoms with Gasteiger partial charge in [0.2, 0.25) is 5.88 Å². The third kappa shape index (κ3) is 5.87. The van der Waals surface area contributed by atoms with Crippen molar-refractivity contribution in [3.63, 3.8) is 0 Å². The number of nitrogens with one attached hydrogen (secondary N) is 1. The van der Waals surface area contributed by atoms with Gasteiger partial charge >= 0.3 is 6.09 Å². The Morgan fingerprint density at radius 1 is 1.08 bits per heavy atom. The number of hydrogen-bond acceptors (Lipinski definition) is 6. The van der Waals surface area contributed by atoms with Crippen LogP contribution in [0.15, 0.2) is 54.2 Å². The second-order valence-corrected chi connectivity index (χ2v) is 11.0. The maximum Gasteiger partial charge on any atom is 0.407 e. The lowest BCUT2D eigenvalue weighted by atomic mass is 9.79. The van der Waals surface area contributed by atoms with Crippen molar-refractivity contribution in [3.05, 3.63) is 65.4 Å². The molecule has 1 amide bonds. The summed E-state index contributed by atoms with van der Waals surface area (Å²) in [7, 11) is 1.64. The summed E-state index contributed by atoms with van der Waals surface area (Å²) in [6, 6.07) is 14.5. The number of rotatable bonds is 5. The molecular weight excluding hydrogens is 464 g/mol. The Kier molecular flexibility index (Phi) is 7.04. The highest BCUT2D eigenvalue weighted by molar-refractivity contribution is 5.92. The third-order valence-electron chi connectivity index (χ3n) is 7.15. The highest BCUT2D eigenvalue weighted by atomic mass is 16.6. The fourth-order valence-corrected chi connectivity index (χ4v) is 5.38. The van der Waals surface area contributed by atoms with E-state index in [4.69, 9.17) is 19.4 Å². The number of alkyl carbamates (subject to hydrolysis) is 1. The summed E-state index contributed by atoms with van der Waals surface area (Å²) in [5.74, 6) is 1.04. The summed E-state index contributed by atoms with van der Waals surface area (Å²) in [5, 5.41) is 3.07. The maximum atomic E-state index is 12.3. The van der Waals surface area contributed by atoms with E-state index in [-0.39, 0.29) is 12.1 Å². The van der Waals surface area contributed by atoms with Crippen LogP contribution in [0.3, 0.4) is 0 Å². The Labute approximate surface area is 218 Å². The van der Waals surface area contributed by atoms with Crippen LogP contribution in [-0.4, -0.2) is 41.4 Å². The molecule has 7 nitrogen and oxygen atoms in total. The van der Waals surface area contributed by atoms with Crippen molar-refractivity contribution in [1.29, 1.82) is 0 Å². The van der Waals surface area contributed by atoms with Gasteiger partial charge < -0.3 is 19.7 Å². The molecule has 0 radical (unpaired) electrons. The van der Waals surface area contributed by atoms with E-state index in [1.165, 1.54) is 11.1 Å². The summed E-state index contributed by atoms with van der Waals surface area (Å²) in [4.78, 5) is 24.2. The van der Waals surface area contributed by atoms with Gasteiger partial charge in [0.15, 0.2) is 0 Å². The monoisotopic (exact) mass is 500 g/mol. The van der Waals surface area contributed by atoms with Crippen LogP contribution in [0.5, 0.6) is 5.88 Å². The number of aromatic nitrogens is 2. The molecule has 0 bridgehead atoms. The SMILES string of the molecule is COc1ccc2ncc3c(c2n1)C=C(C1CCC(NC(=O)OC(C)(C)C)CC1)CN3Cc1ccccc1. The average Bonchev–Trinajstić information content (AvgIpc) is 2.88. The number of nitrogens with zero attached hydrogens (tertiary/aromatic N) is 3. The molecule has 0 spiro atoms. The lowest BCUT2D eigenvalue weighted by Gasteiger charge is -2.37. The number of amides is 1. The fourth-order valence-electron chi connectivity index (χ4n) is 5.38. The van der Waals surface area contributed by atoms with Gasteiger partial charge in [-0.3, -0.25) is 4.98 Å². The smallest absolute Gasteiger partial charge is 0.407 e. The normalized spacial score (nSPS) is 19.7. The summed E-state index contributed by atoms with van der Waals surface area (Å²) in [6.07, 6.45) is 7.92. The summed E-state index contributed by atoms with van der Waals surface area (Å²) in [6.45, 7) is 7.33. The molecule has 2 aliphatic rings. The van der Waals surface area contributed by atoms with Crippen molar-refractivity contribution < 1.29 is 14.3 Å². The molecule has 0 unspecified atom stereocenters. The molecule has 2 aromatic heterocycles. The number of carbonyl (C=O) groups excluding carboxylic acids is 1. The van der Waals surface area contributed by atoms with Gasteiger partial charge in [-0.25, -0.2) is 9.78 Å². The van der Waals surface area contributed by atoms with Crippen LogP contribution in [0.1, 0.15) is 57.6 Å². The van der Waals surface area contributed by atoms with E-state index in [0.717, 1.165) is 61.1 Å². The molecule has 0 saturated heterocycles. The average molecular weight is 501 g/mol. The first-order chi connectivity index (χ1) is 17.8. The predicted octanol–water partition coefficient (Wildman–Crippen LogP) is 6.13. The molecule has 3 aromatic rings. The Hall–Kier alpha value is -3.61. The fraction of sp³-hybridized carbons (Fsp3) is 0.433. The molecule has 0 atom stereocenters. The molecule has 1 aliphatic carbocycles. The molecule has 7 heteroatoms. The topological polar surface area (TPSA) is 76.6 Å². The van der Waals surface area contributed by atoms with Gasteiger partial charge in [-0.1, -0.05) is 30.3 Å². The highest BCUT2D eigenvalue weighted by Crippen LogP contribution is 2.39. The highest BCUT2D eigenvalue weighted by Gasteiger charge is 2.30. The molecule has 1 N–H and O–H groups in total. The van der Waals surface area contributed by atoms with Gasteiger partial charge in [0.1, 0.15) is 11.1 Å². The lowest BCUT2D eigenvalue weighted by Crippen LogP contribution is -2.41.